The molecule has 0 radical (unpaired) electrons. The van der Waals surface area contributed by atoms with Gasteiger partial charge < -0.3 is 15.4 Å². The minimum absolute atomic E-state index is 0.0520. The van der Waals surface area contributed by atoms with Gasteiger partial charge in [0.05, 0.1) is 12.2 Å². The molecule has 1 aromatic rings. The largest absolute Gasteiger partial charge is 0.477 e. The number of amides is 1. The highest BCUT2D eigenvalue weighted by atomic mass is 16.5. The van der Waals surface area contributed by atoms with Crippen molar-refractivity contribution in [3.05, 3.63) is 24.3 Å². The molecule has 2 rings (SSSR count). The molecule has 1 atom stereocenters. The van der Waals surface area contributed by atoms with Gasteiger partial charge in [-0.1, -0.05) is 19.1 Å². The first-order valence-corrected chi connectivity index (χ1v) is 5.58. The Morgan fingerprint density at radius 2 is 2.38 bits per heavy atom. The number of fused-ring (bicyclic) bond motifs is 1. The van der Waals surface area contributed by atoms with Crippen LogP contribution in [0.2, 0.25) is 0 Å². The first-order valence-electron chi connectivity index (χ1n) is 5.58. The number of hydrogen-bond acceptors (Lipinski definition) is 3. The lowest BCUT2D eigenvalue weighted by Gasteiger charge is -2.26. The number of carbonyl (C=O) groups excluding carboxylic acids is 1. The minimum Gasteiger partial charge on any atom is -0.477 e. The molecule has 0 fully saturated rings. The fraction of sp³-hybridized carbons (Fsp3) is 0.417. The van der Waals surface area contributed by atoms with Crippen molar-refractivity contribution in [2.45, 2.75) is 19.4 Å². The van der Waals surface area contributed by atoms with Gasteiger partial charge in [0, 0.05) is 6.54 Å². The number of nitrogens with one attached hydrogen (secondary N) is 2. The third-order valence-corrected chi connectivity index (χ3v) is 2.48. The quantitative estimate of drug-likeness (QED) is 0.809. The Balaban J connectivity index is 1.99. The monoisotopic (exact) mass is 220 g/mol. The lowest BCUT2D eigenvalue weighted by molar-refractivity contribution is -0.127. The summed E-state index contributed by atoms with van der Waals surface area (Å²) in [6.45, 7) is 3.24. The number of carbonyl (C=O) groups is 1. The third kappa shape index (κ3) is 2.27. The second-order valence-corrected chi connectivity index (χ2v) is 3.77. The smallest absolute Gasteiger partial charge is 0.262 e. The number of anilines is 1. The molecular formula is C12H16N2O2. The SMILES string of the molecule is CCCNC(=O)[C@@H]1CNc2ccccc2O1. The molecule has 0 aliphatic carbocycles. The Morgan fingerprint density at radius 1 is 1.56 bits per heavy atom. The highest BCUT2D eigenvalue weighted by molar-refractivity contribution is 5.83. The summed E-state index contributed by atoms with van der Waals surface area (Å²) in [6, 6.07) is 7.64. The molecule has 1 aliphatic rings. The molecule has 1 amide bonds. The molecule has 1 heterocycles. The topological polar surface area (TPSA) is 50.4 Å². The van der Waals surface area contributed by atoms with Gasteiger partial charge in [-0.05, 0) is 18.6 Å². The Hall–Kier alpha value is -1.71. The number of benzene rings is 1. The van der Waals surface area contributed by atoms with Gasteiger partial charge in [-0.25, -0.2) is 0 Å². The molecule has 86 valence electrons. The Labute approximate surface area is 95.0 Å². The van der Waals surface area contributed by atoms with Gasteiger partial charge in [0.2, 0.25) is 0 Å². The van der Waals surface area contributed by atoms with Crippen molar-refractivity contribution < 1.29 is 9.53 Å². The average molecular weight is 220 g/mol. The van der Waals surface area contributed by atoms with Crippen molar-refractivity contribution in [1.29, 1.82) is 0 Å². The third-order valence-electron chi connectivity index (χ3n) is 2.48. The van der Waals surface area contributed by atoms with Crippen LogP contribution in [0.25, 0.3) is 0 Å². The van der Waals surface area contributed by atoms with Gasteiger partial charge in [0.1, 0.15) is 5.75 Å². The van der Waals surface area contributed by atoms with Crippen LogP contribution < -0.4 is 15.4 Å². The van der Waals surface area contributed by atoms with E-state index in [2.05, 4.69) is 10.6 Å². The standard InChI is InChI=1S/C12H16N2O2/c1-2-7-13-12(15)11-8-14-9-5-3-4-6-10(9)16-11/h3-6,11,14H,2,7-8H2,1H3,(H,13,15)/t11-/m0/s1. The highest BCUT2D eigenvalue weighted by Crippen LogP contribution is 2.27. The second kappa shape index (κ2) is 4.88. The molecule has 0 aromatic heterocycles. The first-order chi connectivity index (χ1) is 7.81. The van der Waals surface area contributed by atoms with Crippen LogP contribution in [-0.2, 0) is 4.79 Å². The van der Waals surface area contributed by atoms with Crippen LogP contribution in [0, 0.1) is 0 Å². The maximum Gasteiger partial charge on any atom is 0.262 e. The summed E-state index contributed by atoms with van der Waals surface area (Å²) in [7, 11) is 0. The predicted octanol–water partition coefficient (Wildman–Crippen LogP) is 1.39. The maximum absolute atomic E-state index is 11.7. The van der Waals surface area contributed by atoms with E-state index in [1.54, 1.807) is 0 Å². The van der Waals surface area contributed by atoms with E-state index >= 15 is 0 Å². The fourth-order valence-corrected chi connectivity index (χ4v) is 1.62. The maximum atomic E-state index is 11.7. The zero-order valence-electron chi connectivity index (χ0n) is 9.32. The number of ether oxygens (including phenoxy) is 1. The molecule has 0 unspecified atom stereocenters. The van der Waals surface area contributed by atoms with Crippen LogP contribution in [0.4, 0.5) is 5.69 Å². The highest BCUT2D eigenvalue weighted by Gasteiger charge is 2.24. The minimum atomic E-state index is -0.429. The van der Waals surface area contributed by atoms with Crippen molar-refractivity contribution in [2.75, 3.05) is 18.4 Å². The zero-order valence-corrected chi connectivity index (χ0v) is 9.32. The van der Waals surface area contributed by atoms with E-state index in [1.807, 2.05) is 31.2 Å². The lowest BCUT2D eigenvalue weighted by atomic mass is 10.2. The van der Waals surface area contributed by atoms with Crippen molar-refractivity contribution in [3.8, 4) is 5.75 Å². The summed E-state index contributed by atoms with van der Waals surface area (Å²) in [6.07, 6.45) is 0.504. The van der Waals surface area contributed by atoms with Crippen LogP contribution in [0.1, 0.15) is 13.3 Å². The number of rotatable bonds is 3. The molecule has 0 saturated heterocycles. The van der Waals surface area contributed by atoms with Gasteiger partial charge in [-0.2, -0.15) is 0 Å². The van der Waals surface area contributed by atoms with Gasteiger partial charge in [-0.15, -0.1) is 0 Å². The van der Waals surface area contributed by atoms with Crippen molar-refractivity contribution >= 4 is 11.6 Å². The van der Waals surface area contributed by atoms with E-state index in [0.717, 1.165) is 17.9 Å². The van der Waals surface area contributed by atoms with E-state index < -0.39 is 6.10 Å². The average Bonchev–Trinajstić information content (AvgIpc) is 2.35. The normalized spacial score (nSPS) is 17.9. The van der Waals surface area contributed by atoms with Crippen LogP contribution in [0.3, 0.4) is 0 Å². The number of hydrogen-bond donors (Lipinski definition) is 2. The van der Waals surface area contributed by atoms with Crippen molar-refractivity contribution in [1.82, 2.24) is 5.32 Å². The number of para-hydroxylation sites is 2. The lowest BCUT2D eigenvalue weighted by Crippen LogP contribution is -2.44. The summed E-state index contributed by atoms with van der Waals surface area (Å²) in [5, 5.41) is 6.01. The molecular weight excluding hydrogens is 204 g/mol. The first kappa shape index (κ1) is 10.8. The van der Waals surface area contributed by atoms with Gasteiger partial charge in [0.15, 0.2) is 6.10 Å². The molecule has 1 aliphatic heterocycles. The van der Waals surface area contributed by atoms with Crippen molar-refractivity contribution in [2.24, 2.45) is 0 Å². The predicted molar refractivity (Wildman–Crippen MR) is 62.6 cm³/mol. The molecule has 4 nitrogen and oxygen atoms in total. The van der Waals surface area contributed by atoms with E-state index in [1.165, 1.54) is 0 Å². The summed E-state index contributed by atoms with van der Waals surface area (Å²) >= 11 is 0. The molecule has 4 heteroatoms. The molecule has 2 N–H and O–H groups in total. The van der Waals surface area contributed by atoms with E-state index in [9.17, 15) is 4.79 Å². The van der Waals surface area contributed by atoms with Crippen LogP contribution >= 0.6 is 0 Å². The van der Waals surface area contributed by atoms with Gasteiger partial charge in [-0.3, -0.25) is 4.79 Å². The van der Waals surface area contributed by atoms with Crippen molar-refractivity contribution in [3.63, 3.8) is 0 Å². The second-order valence-electron chi connectivity index (χ2n) is 3.77. The summed E-state index contributed by atoms with van der Waals surface area (Å²) in [5.74, 6) is 0.689. The Kier molecular flexibility index (Phi) is 3.29. The molecule has 0 bridgehead atoms. The van der Waals surface area contributed by atoms with Gasteiger partial charge >= 0.3 is 0 Å². The van der Waals surface area contributed by atoms with Crippen LogP contribution in [0.15, 0.2) is 24.3 Å². The Bertz CT molecular complexity index is 379. The van der Waals surface area contributed by atoms with Crippen LogP contribution in [-0.4, -0.2) is 25.1 Å². The molecule has 1 aromatic carbocycles. The van der Waals surface area contributed by atoms with E-state index in [4.69, 9.17) is 4.74 Å². The van der Waals surface area contributed by atoms with Crippen LogP contribution in [0.5, 0.6) is 5.75 Å². The molecule has 0 spiro atoms. The summed E-state index contributed by atoms with van der Waals surface area (Å²) in [5.41, 5.74) is 0.946. The van der Waals surface area contributed by atoms with E-state index in [-0.39, 0.29) is 5.91 Å². The zero-order chi connectivity index (χ0) is 11.4. The summed E-state index contributed by atoms with van der Waals surface area (Å²) < 4.78 is 5.62. The fourth-order valence-electron chi connectivity index (χ4n) is 1.62. The van der Waals surface area contributed by atoms with Gasteiger partial charge in [0.25, 0.3) is 5.91 Å². The Morgan fingerprint density at radius 3 is 3.19 bits per heavy atom. The molecule has 16 heavy (non-hydrogen) atoms. The summed E-state index contributed by atoms with van der Waals surface area (Å²) in [4.78, 5) is 11.7. The van der Waals surface area contributed by atoms with E-state index in [0.29, 0.717) is 13.1 Å². The molecule has 0 saturated carbocycles.